The van der Waals surface area contributed by atoms with Crippen LogP contribution in [0.4, 0.5) is 0 Å². The molecular formula is C11H9ClO4. The van der Waals surface area contributed by atoms with E-state index in [1.54, 1.807) is 12.1 Å². The quantitative estimate of drug-likeness (QED) is 0.498. The fourth-order valence-electron chi connectivity index (χ4n) is 0.937. The summed E-state index contributed by atoms with van der Waals surface area (Å²) in [5.74, 6) is -1.59. The number of carboxylic acids is 1. The second-order valence-electron chi connectivity index (χ2n) is 3.02. The summed E-state index contributed by atoms with van der Waals surface area (Å²) >= 11 is 5.64. The largest absolute Gasteiger partial charge is 0.481 e. The van der Waals surface area contributed by atoms with E-state index in [0.717, 1.165) is 0 Å². The molecule has 84 valence electrons. The third-order valence-electron chi connectivity index (χ3n) is 1.68. The number of ether oxygens (including phenoxy) is 1. The van der Waals surface area contributed by atoms with Crippen molar-refractivity contribution in [2.24, 2.45) is 0 Å². The smallest absolute Gasteiger partial charge is 0.339 e. The summed E-state index contributed by atoms with van der Waals surface area (Å²) < 4.78 is 4.87. The molecule has 1 aromatic carbocycles. The van der Waals surface area contributed by atoms with Gasteiger partial charge in [0, 0.05) is 10.6 Å². The van der Waals surface area contributed by atoms with Crippen LogP contribution >= 0.6 is 11.6 Å². The van der Waals surface area contributed by atoms with Crippen molar-refractivity contribution in [3.8, 4) is 5.75 Å². The molecule has 1 N–H and O–H groups in total. The molecule has 16 heavy (non-hydrogen) atoms. The second kappa shape index (κ2) is 5.32. The fraction of sp³-hybridized carbons (Fsp3) is 0.0909. The molecule has 0 bridgehead atoms. The van der Waals surface area contributed by atoms with Crippen molar-refractivity contribution in [2.75, 3.05) is 0 Å². The van der Waals surface area contributed by atoms with E-state index in [2.05, 4.69) is 6.58 Å². The number of carbonyl (C=O) groups excluding carboxylic acids is 1. The third-order valence-corrected chi connectivity index (χ3v) is 1.93. The van der Waals surface area contributed by atoms with Crippen LogP contribution in [0.2, 0.25) is 5.02 Å². The fourth-order valence-corrected chi connectivity index (χ4v) is 1.06. The zero-order valence-corrected chi connectivity index (χ0v) is 9.03. The molecule has 0 aliphatic carbocycles. The Bertz CT molecular complexity index is 422. The van der Waals surface area contributed by atoms with Gasteiger partial charge < -0.3 is 9.84 Å². The van der Waals surface area contributed by atoms with Crippen LogP contribution in [-0.2, 0) is 9.59 Å². The molecule has 0 amide bonds. The van der Waals surface area contributed by atoms with Gasteiger partial charge in [0.1, 0.15) is 5.75 Å². The Morgan fingerprint density at radius 3 is 2.38 bits per heavy atom. The van der Waals surface area contributed by atoms with Crippen molar-refractivity contribution < 1.29 is 19.4 Å². The van der Waals surface area contributed by atoms with Crippen LogP contribution in [0.5, 0.6) is 5.75 Å². The van der Waals surface area contributed by atoms with E-state index < -0.39 is 18.4 Å². The Hall–Kier alpha value is -1.81. The number of benzene rings is 1. The molecule has 0 unspecified atom stereocenters. The topological polar surface area (TPSA) is 63.6 Å². The minimum Gasteiger partial charge on any atom is -0.481 e. The summed E-state index contributed by atoms with van der Waals surface area (Å²) in [5.41, 5.74) is -0.109. The summed E-state index contributed by atoms with van der Waals surface area (Å²) in [5, 5.41) is 8.97. The summed E-state index contributed by atoms with van der Waals surface area (Å²) in [4.78, 5) is 21.6. The summed E-state index contributed by atoms with van der Waals surface area (Å²) in [6, 6.07) is 6.14. The Balaban J connectivity index is 2.61. The van der Waals surface area contributed by atoms with E-state index in [1.807, 2.05) is 0 Å². The SMILES string of the molecule is C=C(CC(=O)O)C(=O)Oc1ccc(Cl)cc1. The van der Waals surface area contributed by atoms with E-state index in [9.17, 15) is 9.59 Å². The van der Waals surface area contributed by atoms with Gasteiger partial charge in [-0.1, -0.05) is 18.2 Å². The molecule has 5 heteroatoms. The maximum absolute atomic E-state index is 11.3. The van der Waals surface area contributed by atoms with Crippen LogP contribution in [0.3, 0.4) is 0 Å². The summed E-state index contributed by atoms with van der Waals surface area (Å²) in [6.07, 6.45) is -0.438. The number of carboxylic acid groups (broad SMARTS) is 1. The second-order valence-corrected chi connectivity index (χ2v) is 3.45. The highest BCUT2D eigenvalue weighted by molar-refractivity contribution is 6.30. The number of hydrogen-bond acceptors (Lipinski definition) is 3. The maximum atomic E-state index is 11.3. The first-order valence-electron chi connectivity index (χ1n) is 4.36. The van der Waals surface area contributed by atoms with E-state index >= 15 is 0 Å². The number of carbonyl (C=O) groups is 2. The van der Waals surface area contributed by atoms with Gasteiger partial charge in [0.15, 0.2) is 0 Å². The number of hydrogen-bond donors (Lipinski definition) is 1. The Kier molecular flexibility index (Phi) is 4.08. The lowest BCUT2D eigenvalue weighted by Gasteiger charge is -2.04. The molecule has 0 radical (unpaired) electrons. The van der Waals surface area contributed by atoms with E-state index in [4.69, 9.17) is 21.4 Å². The Morgan fingerprint density at radius 2 is 1.88 bits per heavy atom. The van der Waals surface area contributed by atoms with Gasteiger partial charge in [0.2, 0.25) is 0 Å². The first-order valence-corrected chi connectivity index (χ1v) is 4.74. The minimum atomic E-state index is -1.13. The summed E-state index contributed by atoms with van der Waals surface area (Å²) in [7, 11) is 0. The van der Waals surface area contributed by atoms with Crippen LogP contribution in [0.1, 0.15) is 6.42 Å². The summed E-state index contributed by atoms with van der Waals surface area (Å²) in [6.45, 7) is 3.33. The van der Waals surface area contributed by atoms with Crippen LogP contribution < -0.4 is 4.74 Å². The highest BCUT2D eigenvalue weighted by Gasteiger charge is 2.12. The van der Waals surface area contributed by atoms with Crippen molar-refractivity contribution in [2.45, 2.75) is 6.42 Å². The van der Waals surface area contributed by atoms with E-state index in [0.29, 0.717) is 10.8 Å². The third kappa shape index (κ3) is 3.74. The molecule has 0 aliphatic heterocycles. The zero-order chi connectivity index (χ0) is 12.1. The lowest BCUT2D eigenvalue weighted by Crippen LogP contribution is -2.13. The van der Waals surface area contributed by atoms with Gasteiger partial charge in [0.05, 0.1) is 6.42 Å². The first kappa shape index (κ1) is 12.3. The average Bonchev–Trinajstić information content (AvgIpc) is 2.20. The van der Waals surface area contributed by atoms with Gasteiger partial charge in [-0.15, -0.1) is 0 Å². The Morgan fingerprint density at radius 1 is 1.31 bits per heavy atom. The van der Waals surface area contributed by atoms with Crippen LogP contribution in [0, 0.1) is 0 Å². The van der Waals surface area contributed by atoms with Gasteiger partial charge in [-0.3, -0.25) is 4.79 Å². The van der Waals surface area contributed by atoms with Gasteiger partial charge in [-0.05, 0) is 24.3 Å². The molecule has 0 saturated heterocycles. The molecule has 1 rings (SSSR count). The normalized spacial score (nSPS) is 9.56. The molecule has 1 aromatic rings. The van der Waals surface area contributed by atoms with Crippen molar-refractivity contribution >= 4 is 23.5 Å². The van der Waals surface area contributed by atoms with Crippen molar-refractivity contribution in [3.63, 3.8) is 0 Å². The zero-order valence-electron chi connectivity index (χ0n) is 8.27. The van der Waals surface area contributed by atoms with E-state index in [1.165, 1.54) is 12.1 Å². The number of aliphatic carboxylic acids is 1. The standard InChI is InChI=1S/C11H9ClO4/c1-7(6-10(13)14)11(15)16-9-4-2-8(12)3-5-9/h2-5H,1,6H2,(H,13,14). The average molecular weight is 241 g/mol. The Labute approximate surface area is 97.1 Å². The molecule has 0 atom stereocenters. The molecule has 0 fully saturated rings. The van der Waals surface area contributed by atoms with Crippen molar-refractivity contribution in [3.05, 3.63) is 41.4 Å². The van der Waals surface area contributed by atoms with Crippen molar-refractivity contribution in [1.82, 2.24) is 0 Å². The lowest BCUT2D eigenvalue weighted by molar-refractivity contribution is -0.138. The highest BCUT2D eigenvalue weighted by Crippen LogP contribution is 2.16. The predicted molar refractivity (Wildman–Crippen MR) is 58.5 cm³/mol. The number of esters is 1. The van der Waals surface area contributed by atoms with Crippen LogP contribution in [-0.4, -0.2) is 17.0 Å². The molecule has 0 saturated carbocycles. The molecule has 0 aromatic heterocycles. The first-order chi connectivity index (χ1) is 7.49. The van der Waals surface area contributed by atoms with E-state index in [-0.39, 0.29) is 5.57 Å². The molecule has 0 heterocycles. The van der Waals surface area contributed by atoms with Crippen LogP contribution in [0.25, 0.3) is 0 Å². The number of rotatable bonds is 4. The highest BCUT2D eigenvalue weighted by atomic mass is 35.5. The van der Waals surface area contributed by atoms with Gasteiger partial charge in [0.25, 0.3) is 0 Å². The molecule has 0 spiro atoms. The monoisotopic (exact) mass is 240 g/mol. The molecule has 4 nitrogen and oxygen atoms in total. The minimum absolute atomic E-state index is 0.109. The predicted octanol–water partition coefficient (Wildman–Crippen LogP) is 2.28. The van der Waals surface area contributed by atoms with Gasteiger partial charge in [-0.25, -0.2) is 4.79 Å². The maximum Gasteiger partial charge on any atom is 0.339 e. The number of halogens is 1. The molecular weight excluding hydrogens is 232 g/mol. The van der Waals surface area contributed by atoms with Crippen molar-refractivity contribution in [1.29, 1.82) is 0 Å². The van der Waals surface area contributed by atoms with Crippen LogP contribution in [0.15, 0.2) is 36.4 Å². The molecule has 0 aliphatic rings. The van der Waals surface area contributed by atoms with Gasteiger partial charge >= 0.3 is 11.9 Å². The lowest BCUT2D eigenvalue weighted by atomic mass is 10.2. The van der Waals surface area contributed by atoms with Gasteiger partial charge in [-0.2, -0.15) is 0 Å².